The Balaban J connectivity index is 2.18. The van der Waals surface area contributed by atoms with Gasteiger partial charge in [-0.05, 0) is 19.3 Å². The maximum Gasteiger partial charge on any atom is 0.312 e. The molecule has 0 spiro atoms. The zero-order chi connectivity index (χ0) is 8.81. The van der Waals surface area contributed by atoms with Gasteiger partial charge in [0.15, 0.2) is 0 Å². The molecule has 0 aromatic rings. The minimum Gasteiger partial charge on any atom is -0.352 e. The molecule has 0 unspecified atom stereocenters. The van der Waals surface area contributed by atoms with Gasteiger partial charge >= 0.3 is 6.03 Å². The Labute approximate surface area is 72.3 Å². The van der Waals surface area contributed by atoms with Crippen LogP contribution >= 0.6 is 0 Å². The van der Waals surface area contributed by atoms with Crippen LogP contribution in [0.2, 0.25) is 0 Å². The first-order chi connectivity index (χ1) is 5.79. The van der Waals surface area contributed by atoms with Gasteiger partial charge in [0.1, 0.15) is 0 Å². The van der Waals surface area contributed by atoms with E-state index >= 15 is 0 Å². The maximum absolute atomic E-state index is 10.3. The molecule has 0 fully saturated rings. The van der Waals surface area contributed by atoms with Gasteiger partial charge in [0.2, 0.25) is 0 Å². The lowest BCUT2D eigenvalue weighted by Crippen LogP contribution is -2.30. The van der Waals surface area contributed by atoms with Gasteiger partial charge in [-0.15, -0.1) is 0 Å². The summed E-state index contributed by atoms with van der Waals surface area (Å²) in [4.78, 5) is 10.3. The number of nitrogens with one attached hydrogen (secondary N) is 1. The van der Waals surface area contributed by atoms with Crippen molar-refractivity contribution in [1.29, 1.82) is 0 Å². The predicted octanol–water partition coefficient (Wildman–Crippen LogP) is 1.32. The third-order valence-electron chi connectivity index (χ3n) is 1.85. The molecule has 12 heavy (non-hydrogen) atoms. The molecule has 0 radical (unpaired) electrons. The van der Waals surface area contributed by atoms with Gasteiger partial charge in [-0.1, -0.05) is 23.8 Å². The van der Waals surface area contributed by atoms with Crippen molar-refractivity contribution in [3.63, 3.8) is 0 Å². The number of carbonyl (C=O) groups is 1. The highest BCUT2D eigenvalue weighted by atomic mass is 16.2. The summed E-state index contributed by atoms with van der Waals surface area (Å²) in [5, 5.41) is 2.57. The molecule has 0 bridgehead atoms. The quantitative estimate of drug-likeness (QED) is 0.652. The summed E-state index contributed by atoms with van der Waals surface area (Å²) in [6, 6.07) is -0.443. The smallest absolute Gasteiger partial charge is 0.312 e. The first kappa shape index (κ1) is 8.84. The van der Waals surface area contributed by atoms with Crippen LogP contribution in [0.15, 0.2) is 23.8 Å². The molecule has 0 atom stereocenters. The van der Waals surface area contributed by atoms with Gasteiger partial charge < -0.3 is 11.1 Å². The molecule has 0 aromatic heterocycles. The topological polar surface area (TPSA) is 55.1 Å². The maximum atomic E-state index is 10.3. The third kappa shape index (κ3) is 3.23. The lowest BCUT2D eigenvalue weighted by Gasteiger charge is -2.08. The zero-order valence-corrected chi connectivity index (χ0v) is 7.05. The van der Waals surface area contributed by atoms with Crippen LogP contribution < -0.4 is 11.1 Å². The summed E-state index contributed by atoms with van der Waals surface area (Å²) >= 11 is 0. The Hall–Kier alpha value is -1.25. The van der Waals surface area contributed by atoms with Gasteiger partial charge in [-0.3, -0.25) is 0 Å². The summed E-state index contributed by atoms with van der Waals surface area (Å²) < 4.78 is 0. The lowest BCUT2D eigenvalue weighted by atomic mass is 10.0. The minimum absolute atomic E-state index is 0.443. The predicted molar refractivity (Wildman–Crippen MR) is 48.7 cm³/mol. The van der Waals surface area contributed by atoms with Crippen molar-refractivity contribution < 1.29 is 4.79 Å². The first-order valence-corrected chi connectivity index (χ1v) is 4.17. The fourth-order valence-corrected chi connectivity index (χ4v) is 1.21. The number of urea groups is 1. The fourth-order valence-electron chi connectivity index (χ4n) is 1.21. The molecular formula is C9H14N2O. The van der Waals surface area contributed by atoms with Crippen molar-refractivity contribution in [1.82, 2.24) is 5.32 Å². The molecule has 66 valence electrons. The molecule has 0 aliphatic heterocycles. The third-order valence-corrected chi connectivity index (χ3v) is 1.85. The Morgan fingerprint density at radius 3 is 3.08 bits per heavy atom. The van der Waals surface area contributed by atoms with Crippen molar-refractivity contribution in [3.05, 3.63) is 23.8 Å². The van der Waals surface area contributed by atoms with E-state index in [0.29, 0.717) is 6.54 Å². The van der Waals surface area contributed by atoms with Crippen LogP contribution in [0, 0.1) is 0 Å². The van der Waals surface area contributed by atoms with E-state index < -0.39 is 6.03 Å². The van der Waals surface area contributed by atoms with Crippen LogP contribution in [0.5, 0.6) is 0 Å². The van der Waals surface area contributed by atoms with Crippen molar-refractivity contribution in [2.75, 3.05) is 6.54 Å². The van der Waals surface area contributed by atoms with Crippen LogP contribution in [0.25, 0.3) is 0 Å². The SMILES string of the molecule is NC(=O)NCCC1=CC=CCC1. The Bertz CT molecular complexity index is 219. The normalized spacial score (nSPS) is 15.5. The van der Waals surface area contributed by atoms with Crippen molar-refractivity contribution in [2.24, 2.45) is 5.73 Å². The summed E-state index contributed by atoms with van der Waals surface area (Å²) in [5.41, 5.74) is 6.31. The summed E-state index contributed by atoms with van der Waals surface area (Å²) in [6.45, 7) is 0.648. The molecule has 0 aromatic carbocycles. The van der Waals surface area contributed by atoms with E-state index in [-0.39, 0.29) is 0 Å². The van der Waals surface area contributed by atoms with Crippen LogP contribution in [0.4, 0.5) is 4.79 Å². The van der Waals surface area contributed by atoms with Crippen molar-refractivity contribution >= 4 is 6.03 Å². The zero-order valence-electron chi connectivity index (χ0n) is 7.05. The second-order valence-electron chi connectivity index (χ2n) is 2.83. The van der Waals surface area contributed by atoms with E-state index in [0.717, 1.165) is 19.3 Å². The number of rotatable bonds is 3. The van der Waals surface area contributed by atoms with Crippen LogP contribution in [-0.4, -0.2) is 12.6 Å². The molecule has 2 amide bonds. The Kier molecular flexibility index (Phi) is 3.38. The van der Waals surface area contributed by atoms with Gasteiger partial charge in [0.05, 0.1) is 0 Å². The summed E-state index contributed by atoms with van der Waals surface area (Å²) in [7, 11) is 0. The van der Waals surface area contributed by atoms with Gasteiger partial charge in [-0.25, -0.2) is 4.79 Å². The van der Waals surface area contributed by atoms with Crippen LogP contribution in [0.1, 0.15) is 19.3 Å². The summed E-state index contributed by atoms with van der Waals surface area (Å²) in [6.07, 6.45) is 9.44. The van der Waals surface area contributed by atoms with E-state index in [9.17, 15) is 4.79 Å². The largest absolute Gasteiger partial charge is 0.352 e. The molecular weight excluding hydrogens is 152 g/mol. The molecule has 3 nitrogen and oxygen atoms in total. The molecule has 3 N–H and O–H groups in total. The first-order valence-electron chi connectivity index (χ1n) is 4.17. The van der Waals surface area contributed by atoms with Crippen LogP contribution in [-0.2, 0) is 0 Å². The highest BCUT2D eigenvalue weighted by Gasteiger charge is 1.99. The second kappa shape index (κ2) is 4.59. The molecule has 1 aliphatic rings. The molecule has 0 saturated heterocycles. The Morgan fingerprint density at radius 2 is 2.50 bits per heavy atom. The average molecular weight is 166 g/mol. The van der Waals surface area contributed by atoms with Crippen LogP contribution in [0.3, 0.4) is 0 Å². The molecule has 0 saturated carbocycles. The molecule has 1 rings (SSSR count). The number of nitrogens with two attached hydrogens (primary N) is 1. The number of primary amides is 1. The van der Waals surface area contributed by atoms with Gasteiger partial charge in [-0.2, -0.15) is 0 Å². The highest BCUT2D eigenvalue weighted by Crippen LogP contribution is 2.13. The van der Waals surface area contributed by atoms with Gasteiger partial charge in [0, 0.05) is 6.54 Å². The van der Waals surface area contributed by atoms with Crippen molar-refractivity contribution in [2.45, 2.75) is 19.3 Å². The molecule has 0 heterocycles. The molecule has 3 heteroatoms. The van der Waals surface area contributed by atoms with Crippen molar-refractivity contribution in [3.8, 4) is 0 Å². The molecule has 1 aliphatic carbocycles. The second-order valence-corrected chi connectivity index (χ2v) is 2.83. The van der Waals surface area contributed by atoms with Gasteiger partial charge in [0.25, 0.3) is 0 Å². The van der Waals surface area contributed by atoms with E-state index in [1.165, 1.54) is 5.57 Å². The fraction of sp³-hybridized carbons (Fsp3) is 0.444. The Morgan fingerprint density at radius 1 is 1.67 bits per heavy atom. The number of hydrogen-bond acceptors (Lipinski definition) is 1. The van der Waals surface area contributed by atoms with E-state index in [1.807, 2.05) is 0 Å². The number of allylic oxidation sites excluding steroid dienone is 3. The monoisotopic (exact) mass is 166 g/mol. The van der Waals surface area contributed by atoms with E-state index in [1.54, 1.807) is 0 Å². The number of carbonyl (C=O) groups excluding carboxylic acids is 1. The highest BCUT2D eigenvalue weighted by molar-refractivity contribution is 5.71. The number of hydrogen-bond donors (Lipinski definition) is 2. The van der Waals surface area contributed by atoms with E-state index in [2.05, 4.69) is 23.5 Å². The minimum atomic E-state index is -0.443. The van der Waals surface area contributed by atoms with E-state index in [4.69, 9.17) is 5.73 Å². The average Bonchev–Trinajstić information content (AvgIpc) is 2.05. The summed E-state index contributed by atoms with van der Waals surface area (Å²) in [5.74, 6) is 0. The lowest BCUT2D eigenvalue weighted by molar-refractivity contribution is 0.249. The number of amides is 2. The standard InChI is InChI=1S/C9H14N2O/c10-9(12)11-7-6-8-4-2-1-3-5-8/h1-2,4H,3,5-7H2,(H3,10,11,12).